The van der Waals surface area contributed by atoms with Crippen LogP contribution in [0.1, 0.15) is 23.2 Å². The molecule has 0 bridgehead atoms. The van der Waals surface area contributed by atoms with Gasteiger partial charge in [-0.05, 0) is 30.9 Å². The molecule has 0 unspecified atom stereocenters. The highest BCUT2D eigenvalue weighted by Gasteiger charge is 2.24. The van der Waals surface area contributed by atoms with E-state index in [2.05, 4.69) is 5.32 Å². The van der Waals surface area contributed by atoms with Crippen molar-refractivity contribution in [1.29, 1.82) is 0 Å². The van der Waals surface area contributed by atoms with Gasteiger partial charge >= 0.3 is 0 Å². The van der Waals surface area contributed by atoms with Crippen molar-refractivity contribution in [2.75, 3.05) is 25.9 Å². The Morgan fingerprint density at radius 3 is 2.40 bits per heavy atom. The number of carbonyl (C=O) groups is 1. The van der Waals surface area contributed by atoms with Crippen molar-refractivity contribution in [3.8, 4) is 0 Å². The first-order chi connectivity index (χ1) is 9.47. The summed E-state index contributed by atoms with van der Waals surface area (Å²) in [5, 5.41) is 2.92. The first-order valence-electron chi connectivity index (χ1n) is 6.75. The van der Waals surface area contributed by atoms with E-state index in [1.807, 2.05) is 18.2 Å². The predicted octanol–water partition coefficient (Wildman–Crippen LogP) is 1.09. The molecular formula is C14H20N2O3S. The van der Waals surface area contributed by atoms with Gasteiger partial charge in [0.2, 0.25) is 10.0 Å². The highest BCUT2D eigenvalue weighted by atomic mass is 32.2. The van der Waals surface area contributed by atoms with Crippen LogP contribution in [0.5, 0.6) is 0 Å². The van der Waals surface area contributed by atoms with Crippen molar-refractivity contribution in [3.05, 3.63) is 35.9 Å². The van der Waals surface area contributed by atoms with Gasteiger partial charge in [-0.1, -0.05) is 18.2 Å². The average molecular weight is 296 g/mol. The molecule has 20 heavy (non-hydrogen) atoms. The number of amides is 1. The molecule has 1 aliphatic heterocycles. The van der Waals surface area contributed by atoms with Gasteiger partial charge in [-0.15, -0.1) is 0 Å². The minimum Gasteiger partial charge on any atom is -0.352 e. The number of piperidine rings is 1. The van der Waals surface area contributed by atoms with Gasteiger partial charge in [0.15, 0.2) is 0 Å². The number of hydrogen-bond donors (Lipinski definition) is 1. The van der Waals surface area contributed by atoms with Crippen LogP contribution in [0.4, 0.5) is 0 Å². The largest absolute Gasteiger partial charge is 0.352 e. The van der Waals surface area contributed by atoms with Crippen molar-refractivity contribution in [2.45, 2.75) is 12.8 Å². The van der Waals surface area contributed by atoms with Crippen LogP contribution in [0.25, 0.3) is 0 Å². The van der Waals surface area contributed by atoms with Gasteiger partial charge in [0, 0.05) is 25.2 Å². The number of carbonyl (C=O) groups excluding carboxylic acids is 1. The van der Waals surface area contributed by atoms with Crippen molar-refractivity contribution in [1.82, 2.24) is 9.62 Å². The summed E-state index contributed by atoms with van der Waals surface area (Å²) in [5.41, 5.74) is 0.654. The molecule has 1 aromatic rings. The summed E-state index contributed by atoms with van der Waals surface area (Å²) in [6.45, 7) is 1.70. The SMILES string of the molecule is CS(=O)(=O)N1CCC(CNC(=O)c2ccccc2)CC1. The van der Waals surface area contributed by atoms with E-state index in [0.29, 0.717) is 31.1 Å². The zero-order chi connectivity index (χ0) is 14.6. The molecule has 0 saturated carbocycles. The Bertz CT molecular complexity index is 549. The molecule has 0 atom stereocenters. The van der Waals surface area contributed by atoms with Gasteiger partial charge in [0.1, 0.15) is 0 Å². The highest BCUT2D eigenvalue weighted by molar-refractivity contribution is 7.88. The normalized spacial score (nSPS) is 17.9. The Balaban J connectivity index is 1.78. The maximum Gasteiger partial charge on any atom is 0.251 e. The standard InChI is InChI=1S/C14H20N2O3S/c1-20(18,19)16-9-7-12(8-10-16)11-15-14(17)13-5-3-2-4-6-13/h2-6,12H,7-11H2,1H3,(H,15,17). The van der Waals surface area contributed by atoms with Crippen LogP contribution in [-0.2, 0) is 10.0 Å². The molecule has 5 nitrogen and oxygen atoms in total. The molecule has 1 saturated heterocycles. The minimum absolute atomic E-state index is 0.0730. The van der Waals surface area contributed by atoms with Crippen molar-refractivity contribution in [2.24, 2.45) is 5.92 Å². The fraction of sp³-hybridized carbons (Fsp3) is 0.500. The van der Waals surface area contributed by atoms with Gasteiger partial charge < -0.3 is 5.32 Å². The summed E-state index contributed by atoms with van der Waals surface area (Å²) in [6, 6.07) is 9.10. The molecule has 1 amide bonds. The molecule has 2 rings (SSSR count). The van der Waals surface area contributed by atoms with E-state index in [4.69, 9.17) is 0 Å². The molecule has 1 fully saturated rings. The molecule has 1 heterocycles. The van der Waals surface area contributed by atoms with Crippen LogP contribution < -0.4 is 5.32 Å². The molecule has 110 valence electrons. The molecule has 1 aliphatic rings. The number of nitrogens with one attached hydrogen (secondary N) is 1. The second-order valence-electron chi connectivity index (χ2n) is 5.18. The quantitative estimate of drug-likeness (QED) is 0.904. The summed E-state index contributed by atoms with van der Waals surface area (Å²) in [7, 11) is -3.08. The van der Waals surface area contributed by atoms with Gasteiger partial charge in [-0.2, -0.15) is 0 Å². The first kappa shape index (κ1) is 15.0. The van der Waals surface area contributed by atoms with Crippen LogP contribution in [0.3, 0.4) is 0 Å². The number of rotatable bonds is 4. The maximum atomic E-state index is 11.9. The van der Waals surface area contributed by atoms with Crippen LogP contribution in [-0.4, -0.2) is 44.5 Å². The zero-order valence-electron chi connectivity index (χ0n) is 11.6. The van der Waals surface area contributed by atoms with Crippen LogP contribution in [0.2, 0.25) is 0 Å². The summed E-state index contributed by atoms with van der Waals surface area (Å²) >= 11 is 0. The average Bonchev–Trinajstić information content (AvgIpc) is 2.45. The minimum atomic E-state index is -3.08. The Morgan fingerprint density at radius 1 is 1.25 bits per heavy atom. The Hall–Kier alpha value is -1.40. The number of nitrogens with zero attached hydrogens (tertiary/aromatic N) is 1. The number of benzene rings is 1. The Labute approximate surface area is 120 Å². The molecule has 1 N–H and O–H groups in total. The molecule has 0 spiro atoms. The van der Waals surface area contributed by atoms with E-state index < -0.39 is 10.0 Å². The van der Waals surface area contributed by atoms with E-state index in [1.54, 1.807) is 12.1 Å². The fourth-order valence-electron chi connectivity index (χ4n) is 2.37. The number of sulfonamides is 1. The van der Waals surface area contributed by atoms with E-state index in [1.165, 1.54) is 10.6 Å². The van der Waals surface area contributed by atoms with Gasteiger partial charge in [-0.3, -0.25) is 4.79 Å². The van der Waals surface area contributed by atoms with Crippen LogP contribution in [0.15, 0.2) is 30.3 Å². The molecule has 1 aromatic carbocycles. The lowest BCUT2D eigenvalue weighted by Gasteiger charge is -2.30. The van der Waals surface area contributed by atoms with Gasteiger partial charge in [-0.25, -0.2) is 12.7 Å². The third kappa shape index (κ3) is 4.05. The first-order valence-corrected chi connectivity index (χ1v) is 8.60. The van der Waals surface area contributed by atoms with Crippen molar-refractivity contribution >= 4 is 15.9 Å². The van der Waals surface area contributed by atoms with E-state index in [-0.39, 0.29) is 5.91 Å². The lowest BCUT2D eigenvalue weighted by atomic mass is 9.98. The molecule has 0 aliphatic carbocycles. The molecular weight excluding hydrogens is 276 g/mol. The second-order valence-corrected chi connectivity index (χ2v) is 7.16. The van der Waals surface area contributed by atoms with Gasteiger partial charge in [0.05, 0.1) is 6.26 Å². The molecule has 0 aromatic heterocycles. The van der Waals surface area contributed by atoms with E-state index in [9.17, 15) is 13.2 Å². The summed E-state index contributed by atoms with van der Waals surface area (Å²) in [4.78, 5) is 11.9. The third-order valence-corrected chi connectivity index (χ3v) is 4.93. The smallest absolute Gasteiger partial charge is 0.251 e. The van der Waals surface area contributed by atoms with Crippen molar-refractivity contribution in [3.63, 3.8) is 0 Å². The van der Waals surface area contributed by atoms with E-state index in [0.717, 1.165) is 12.8 Å². The third-order valence-electron chi connectivity index (χ3n) is 3.63. The lowest BCUT2D eigenvalue weighted by Crippen LogP contribution is -2.41. The zero-order valence-corrected chi connectivity index (χ0v) is 12.4. The van der Waals surface area contributed by atoms with Crippen molar-refractivity contribution < 1.29 is 13.2 Å². The summed E-state index contributed by atoms with van der Waals surface area (Å²) in [6.07, 6.45) is 2.83. The Morgan fingerprint density at radius 2 is 1.85 bits per heavy atom. The second kappa shape index (κ2) is 6.37. The summed E-state index contributed by atoms with van der Waals surface area (Å²) in [5.74, 6) is 0.275. The molecule has 0 radical (unpaired) electrons. The van der Waals surface area contributed by atoms with Crippen LogP contribution in [0, 0.1) is 5.92 Å². The van der Waals surface area contributed by atoms with E-state index >= 15 is 0 Å². The van der Waals surface area contributed by atoms with Crippen LogP contribution >= 0.6 is 0 Å². The topological polar surface area (TPSA) is 66.5 Å². The fourth-order valence-corrected chi connectivity index (χ4v) is 3.25. The maximum absolute atomic E-state index is 11.9. The Kier molecular flexibility index (Phi) is 4.77. The molecule has 6 heteroatoms. The predicted molar refractivity (Wildman–Crippen MR) is 77.9 cm³/mol. The highest BCUT2D eigenvalue weighted by Crippen LogP contribution is 2.18. The summed E-state index contributed by atoms with van der Waals surface area (Å²) < 4.78 is 24.3. The lowest BCUT2D eigenvalue weighted by molar-refractivity contribution is 0.0941. The number of hydrogen-bond acceptors (Lipinski definition) is 3. The monoisotopic (exact) mass is 296 g/mol. The van der Waals surface area contributed by atoms with Gasteiger partial charge in [0.25, 0.3) is 5.91 Å².